The molecule has 1 rings (SSSR count). The number of benzene rings is 1. The lowest BCUT2D eigenvalue weighted by Crippen LogP contribution is -1.80. The van der Waals surface area contributed by atoms with Gasteiger partial charge in [0.25, 0.3) is 0 Å². The number of allylic oxidation sites excluding steroid dienone is 1. The van der Waals surface area contributed by atoms with Crippen molar-refractivity contribution in [2.45, 2.75) is 30.1 Å². The van der Waals surface area contributed by atoms with E-state index in [0.29, 0.717) is 0 Å². The molecule has 0 aliphatic rings. The molecule has 1 aromatic rings. The predicted octanol–water partition coefficient (Wildman–Crippen LogP) is 4.81. The molecular weight excluding hydrogens is 208 g/mol. The molecule has 0 saturated carbocycles. The molecule has 0 saturated heterocycles. The fourth-order valence-electron chi connectivity index (χ4n) is 1.05. The highest BCUT2D eigenvalue weighted by molar-refractivity contribution is 8.04. The second-order valence-corrected chi connectivity index (χ2v) is 5.58. The summed E-state index contributed by atoms with van der Waals surface area (Å²) in [6.45, 7) is 8.18. The number of thioether (sulfide) groups is 2. The first-order chi connectivity index (χ1) is 6.74. The van der Waals surface area contributed by atoms with Gasteiger partial charge in [0, 0.05) is 9.79 Å². The maximum Gasteiger partial charge on any atom is 0.0254 e. The molecule has 0 bridgehead atoms. The molecule has 0 atom stereocenters. The van der Waals surface area contributed by atoms with Crippen molar-refractivity contribution in [3.63, 3.8) is 0 Å². The summed E-state index contributed by atoms with van der Waals surface area (Å²) in [6, 6.07) is 8.53. The van der Waals surface area contributed by atoms with Gasteiger partial charge in [-0.2, -0.15) is 0 Å². The Kier molecular flexibility index (Phi) is 5.20. The minimum absolute atomic E-state index is 1.15. The first-order valence-corrected chi connectivity index (χ1v) is 6.59. The van der Waals surface area contributed by atoms with Crippen LogP contribution in [0, 0.1) is 0 Å². The molecule has 0 aromatic heterocycles. The molecule has 0 spiro atoms. The van der Waals surface area contributed by atoms with Gasteiger partial charge in [-0.25, -0.2) is 0 Å². The summed E-state index contributed by atoms with van der Waals surface area (Å²) in [5.74, 6) is 1.19. The van der Waals surface area contributed by atoms with E-state index in [2.05, 4.69) is 37.8 Å². The first-order valence-electron chi connectivity index (χ1n) is 4.79. The van der Waals surface area contributed by atoms with Gasteiger partial charge >= 0.3 is 0 Å². The third-order valence-corrected chi connectivity index (χ3v) is 3.93. The average Bonchev–Trinajstić information content (AvgIpc) is 2.16. The molecule has 76 valence electrons. The number of hydrogen-bond donors (Lipinski definition) is 0. The second kappa shape index (κ2) is 6.20. The van der Waals surface area contributed by atoms with E-state index < -0.39 is 0 Å². The SMILES string of the molecule is C=C(C)Sc1ccccc1SCCC. The van der Waals surface area contributed by atoms with Crippen LogP contribution >= 0.6 is 23.5 Å². The van der Waals surface area contributed by atoms with Crippen LogP contribution in [0.3, 0.4) is 0 Å². The largest absolute Gasteiger partial charge is 0.125 e. The van der Waals surface area contributed by atoms with Gasteiger partial charge in [0.05, 0.1) is 0 Å². The first kappa shape index (κ1) is 11.7. The highest BCUT2D eigenvalue weighted by atomic mass is 32.2. The number of hydrogen-bond acceptors (Lipinski definition) is 2. The minimum Gasteiger partial charge on any atom is -0.125 e. The predicted molar refractivity (Wildman–Crippen MR) is 68.1 cm³/mol. The van der Waals surface area contributed by atoms with Crippen molar-refractivity contribution in [3.05, 3.63) is 35.7 Å². The zero-order chi connectivity index (χ0) is 10.4. The van der Waals surface area contributed by atoms with Crippen LogP contribution in [0.2, 0.25) is 0 Å². The Bertz CT molecular complexity index is 305. The maximum atomic E-state index is 3.93. The van der Waals surface area contributed by atoms with Gasteiger partial charge in [-0.15, -0.1) is 11.8 Å². The van der Waals surface area contributed by atoms with E-state index in [9.17, 15) is 0 Å². The summed E-state index contributed by atoms with van der Waals surface area (Å²) in [6.07, 6.45) is 1.22. The molecule has 0 amide bonds. The van der Waals surface area contributed by atoms with Crippen LogP contribution in [0.15, 0.2) is 45.5 Å². The van der Waals surface area contributed by atoms with Crippen molar-refractivity contribution in [2.75, 3.05) is 5.75 Å². The molecule has 0 aliphatic carbocycles. The summed E-state index contributed by atoms with van der Waals surface area (Å²) >= 11 is 3.69. The van der Waals surface area contributed by atoms with Crippen LogP contribution in [0.25, 0.3) is 0 Å². The van der Waals surface area contributed by atoms with Gasteiger partial charge in [-0.05, 0) is 36.1 Å². The lowest BCUT2D eigenvalue weighted by atomic mass is 10.4. The van der Waals surface area contributed by atoms with Crippen molar-refractivity contribution in [1.29, 1.82) is 0 Å². The summed E-state index contributed by atoms with van der Waals surface area (Å²) in [5, 5.41) is 0. The monoisotopic (exact) mass is 224 g/mol. The summed E-state index contributed by atoms with van der Waals surface area (Å²) in [7, 11) is 0. The lowest BCUT2D eigenvalue weighted by molar-refractivity contribution is 1.10. The summed E-state index contributed by atoms with van der Waals surface area (Å²) in [4.78, 5) is 3.86. The van der Waals surface area contributed by atoms with Crippen LogP contribution in [-0.4, -0.2) is 5.75 Å². The Morgan fingerprint density at radius 1 is 1.29 bits per heavy atom. The van der Waals surface area contributed by atoms with Gasteiger partial charge in [-0.3, -0.25) is 0 Å². The van der Waals surface area contributed by atoms with Gasteiger partial charge in [0.1, 0.15) is 0 Å². The third kappa shape index (κ3) is 3.81. The summed E-state index contributed by atoms with van der Waals surface area (Å²) < 4.78 is 0. The third-order valence-electron chi connectivity index (χ3n) is 1.60. The molecule has 0 fully saturated rings. The Labute approximate surface area is 95.2 Å². The molecule has 14 heavy (non-hydrogen) atoms. The molecule has 2 heteroatoms. The Hall–Kier alpha value is -0.340. The van der Waals surface area contributed by atoms with E-state index in [-0.39, 0.29) is 0 Å². The fraction of sp³-hybridized carbons (Fsp3) is 0.333. The highest BCUT2D eigenvalue weighted by Gasteiger charge is 2.02. The van der Waals surface area contributed by atoms with Gasteiger partial charge in [-0.1, -0.05) is 37.4 Å². The van der Waals surface area contributed by atoms with Crippen LogP contribution < -0.4 is 0 Å². The van der Waals surface area contributed by atoms with Gasteiger partial charge in [0.2, 0.25) is 0 Å². The fourth-order valence-corrected chi connectivity index (χ4v) is 2.86. The average molecular weight is 224 g/mol. The molecule has 0 heterocycles. The standard InChI is InChI=1S/C12H16S2/c1-4-9-13-11-7-5-6-8-12(11)14-10(2)3/h5-8H,2,4,9H2,1,3H3. The van der Waals surface area contributed by atoms with Crippen LogP contribution in [0.4, 0.5) is 0 Å². The van der Waals surface area contributed by atoms with E-state index >= 15 is 0 Å². The minimum atomic E-state index is 1.15. The summed E-state index contributed by atoms with van der Waals surface area (Å²) in [5.41, 5.74) is 0. The Morgan fingerprint density at radius 3 is 2.50 bits per heavy atom. The normalized spacial score (nSPS) is 10.1. The molecule has 0 N–H and O–H groups in total. The Balaban J connectivity index is 2.74. The zero-order valence-corrected chi connectivity index (χ0v) is 10.4. The van der Waals surface area contributed by atoms with Crippen molar-refractivity contribution in [2.24, 2.45) is 0 Å². The molecule has 0 radical (unpaired) electrons. The van der Waals surface area contributed by atoms with Crippen LogP contribution in [0.5, 0.6) is 0 Å². The molecule has 0 nitrogen and oxygen atoms in total. The van der Waals surface area contributed by atoms with E-state index in [1.54, 1.807) is 11.8 Å². The van der Waals surface area contributed by atoms with Gasteiger partial charge < -0.3 is 0 Å². The number of rotatable bonds is 5. The molecule has 0 aliphatic heterocycles. The van der Waals surface area contributed by atoms with Crippen LogP contribution in [0.1, 0.15) is 20.3 Å². The zero-order valence-electron chi connectivity index (χ0n) is 8.75. The lowest BCUT2D eigenvalue weighted by Gasteiger charge is -2.07. The molecule has 0 unspecified atom stereocenters. The van der Waals surface area contributed by atoms with Crippen molar-refractivity contribution in [3.8, 4) is 0 Å². The molecular formula is C12H16S2. The van der Waals surface area contributed by atoms with Crippen molar-refractivity contribution < 1.29 is 0 Å². The highest BCUT2D eigenvalue weighted by Crippen LogP contribution is 2.34. The molecule has 1 aromatic carbocycles. The quantitative estimate of drug-likeness (QED) is 0.658. The van der Waals surface area contributed by atoms with E-state index in [4.69, 9.17) is 0 Å². The van der Waals surface area contributed by atoms with Gasteiger partial charge in [0.15, 0.2) is 0 Å². The van der Waals surface area contributed by atoms with Crippen molar-refractivity contribution >= 4 is 23.5 Å². The van der Waals surface area contributed by atoms with E-state index in [0.717, 1.165) is 4.91 Å². The second-order valence-electron chi connectivity index (χ2n) is 3.10. The van der Waals surface area contributed by atoms with E-state index in [1.807, 2.05) is 18.7 Å². The van der Waals surface area contributed by atoms with E-state index in [1.165, 1.54) is 22.0 Å². The smallest absolute Gasteiger partial charge is 0.0254 e. The topological polar surface area (TPSA) is 0 Å². The van der Waals surface area contributed by atoms with Crippen LogP contribution in [-0.2, 0) is 0 Å². The van der Waals surface area contributed by atoms with Crippen molar-refractivity contribution in [1.82, 2.24) is 0 Å². The Morgan fingerprint density at radius 2 is 1.93 bits per heavy atom. The maximum absolute atomic E-state index is 3.93.